The minimum atomic E-state index is -4.53. The van der Waals surface area contributed by atoms with E-state index in [2.05, 4.69) is 20.6 Å². The minimum Gasteiger partial charge on any atom is -0.355 e. The molecule has 1 saturated heterocycles. The van der Waals surface area contributed by atoms with Crippen LogP contribution in [0.4, 0.5) is 19.1 Å². The van der Waals surface area contributed by atoms with E-state index in [-0.39, 0.29) is 11.9 Å². The quantitative estimate of drug-likeness (QED) is 0.846. The van der Waals surface area contributed by atoms with E-state index >= 15 is 0 Å². The Bertz CT molecular complexity index is 508. The zero-order chi connectivity index (χ0) is 15.5. The van der Waals surface area contributed by atoms with Gasteiger partial charge in [-0.3, -0.25) is 4.79 Å². The average Bonchev–Trinajstić information content (AvgIpc) is 2.47. The number of halogens is 3. The van der Waals surface area contributed by atoms with Crippen molar-refractivity contribution in [3.8, 4) is 0 Å². The van der Waals surface area contributed by atoms with E-state index < -0.39 is 17.9 Å². The van der Waals surface area contributed by atoms with E-state index in [1.165, 1.54) is 4.90 Å². The van der Waals surface area contributed by atoms with Gasteiger partial charge in [-0.2, -0.15) is 13.2 Å². The Labute approximate surface area is 119 Å². The van der Waals surface area contributed by atoms with Crippen molar-refractivity contribution in [3.05, 3.63) is 18.0 Å². The van der Waals surface area contributed by atoms with E-state index in [1.54, 1.807) is 6.92 Å². The van der Waals surface area contributed by atoms with Crippen LogP contribution >= 0.6 is 0 Å². The Morgan fingerprint density at radius 1 is 1.57 bits per heavy atom. The van der Waals surface area contributed by atoms with E-state index in [4.69, 9.17) is 0 Å². The molecule has 1 aliphatic rings. The molecule has 0 bridgehead atoms. The third kappa shape index (κ3) is 3.60. The van der Waals surface area contributed by atoms with Gasteiger partial charge in [0.2, 0.25) is 11.9 Å². The number of amides is 1. The summed E-state index contributed by atoms with van der Waals surface area (Å²) in [5, 5.41) is 5.70. The van der Waals surface area contributed by atoms with Gasteiger partial charge in [0.05, 0.1) is 0 Å². The number of carbonyl (C=O) groups excluding carboxylic acids is 1. The molecule has 0 aromatic carbocycles. The predicted octanol–water partition coefficient (Wildman–Crippen LogP) is 0.410. The Morgan fingerprint density at radius 3 is 3.00 bits per heavy atom. The molecular weight excluding hydrogens is 287 g/mol. The fourth-order valence-electron chi connectivity index (χ4n) is 2.11. The summed E-state index contributed by atoms with van der Waals surface area (Å²) in [4.78, 5) is 20.9. The average molecular weight is 303 g/mol. The van der Waals surface area contributed by atoms with Crippen LogP contribution in [-0.4, -0.2) is 48.1 Å². The Kier molecular flexibility index (Phi) is 4.61. The number of rotatable bonds is 3. The summed E-state index contributed by atoms with van der Waals surface area (Å²) in [5.74, 6) is -0.340. The van der Waals surface area contributed by atoms with Crippen LogP contribution in [0.25, 0.3) is 0 Å². The fraction of sp³-hybridized carbons (Fsp3) is 0.583. The fourth-order valence-corrected chi connectivity index (χ4v) is 2.11. The molecule has 1 aromatic rings. The van der Waals surface area contributed by atoms with Crippen LogP contribution in [0.2, 0.25) is 0 Å². The van der Waals surface area contributed by atoms with E-state index in [0.717, 1.165) is 12.3 Å². The van der Waals surface area contributed by atoms with Gasteiger partial charge in [0, 0.05) is 32.4 Å². The molecule has 116 valence electrons. The topological polar surface area (TPSA) is 70.2 Å². The van der Waals surface area contributed by atoms with E-state index in [0.29, 0.717) is 26.2 Å². The molecular formula is C12H16F3N5O. The second-order valence-corrected chi connectivity index (χ2v) is 4.55. The number of aromatic nitrogens is 2. The summed E-state index contributed by atoms with van der Waals surface area (Å²) in [6.45, 7) is 3.48. The van der Waals surface area contributed by atoms with E-state index in [9.17, 15) is 18.0 Å². The number of carbonyl (C=O) groups is 1. The normalized spacial score (nSPS) is 19.4. The lowest BCUT2D eigenvalue weighted by molar-refractivity contribution is -0.141. The van der Waals surface area contributed by atoms with Gasteiger partial charge in [-0.1, -0.05) is 0 Å². The second kappa shape index (κ2) is 6.25. The summed E-state index contributed by atoms with van der Waals surface area (Å²) in [5.41, 5.74) is -1.01. The van der Waals surface area contributed by atoms with Crippen LogP contribution < -0.4 is 15.5 Å². The number of hydrogen-bond acceptors (Lipinski definition) is 5. The first-order chi connectivity index (χ1) is 9.93. The summed E-state index contributed by atoms with van der Waals surface area (Å²) in [6.07, 6.45) is -3.48. The monoisotopic (exact) mass is 303 g/mol. The Morgan fingerprint density at radius 2 is 2.33 bits per heavy atom. The lowest BCUT2D eigenvalue weighted by Crippen LogP contribution is -2.58. The number of nitrogens with one attached hydrogen (secondary N) is 2. The number of hydrogen-bond donors (Lipinski definition) is 2. The van der Waals surface area contributed by atoms with Crippen LogP contribution in [0.3, 0.4) is 0 Å². The van der Waals surface area contributed by atoms with Gasteiger partial charge in [-0.05, 0) is 13.0 Å². The van der Waals surface area contributed by atoms with Crippen LogP contribution in [0.1, 0.15) is 12.6 Å². The summed E-state index contributed by atoms with van der Waals surface area (Å²) >= 11 is 0. The molecule has 1 fully saturated rings. The van der Waals surface area contributed by atoms with Crippen molar-refractivity contribution >= 4 is 11.9 Å². The van der Waals surface area contributed by atoms with Crippen molar-refractivity contribution in [2.24, 2.45) is 0 Å². The van der Waals surface area contributed by atoms with Gasteiger partial charge < -0.3 is 15.5 Å². The molecule has 0 saturated carbocycles. The van der Waals surface area contributed by atoms with E-state index in [1.807, 2.05) is 0 Å². The highest BCUT2D eigenvalue weighted by Gasteiger charge is 2.35. The summed E-state index contributed by atoms with van der Waals surface area (Å²) in [7, 11) is 0. The smallest absolute Gasteiger partial charge is 0.355 e. The second-order valence-electron chi connectivity index (χ2n) is 4.55. The van der Waals surface area contributed by atoms with Gasteiger partial charge >= 0.3 is 6.18 Å². The molecule has 2 heterocycles. The molecule has 2 N–H and O–H groups in total. The highest BCUT2D eigenvalue weighted by Crippen LogP contribution is 2.28. The van der Waals surface area contributed by atoms with Crippen molar-refractivity contribution in [2.75, 3.05) is 31.1 Å². The molecule has 1 atom stereocenters. The maximum absolute atomic E-state index is 12.7. The van der Waals surface area contributed by atoms with Crippen LogP contribution in [0.5, 0.6) is 0 Å². The third-order valence-electron chi connectivity index (χ3n) is 3.09. The van der Waals surface area contributed by atoms with Gasteiger partial charge in [0.25, 0.3) is 0 Å². The third-order valence-corrected chi connectivity index (χ3v) is 3.09. The Hall–Kier alpha value is -1.90. The molecule has 1 aromatic heterocycles. The lowest BCUT2D eigenvalue weighted by atomic mass is 10.2. The van der Waals surface area contributed by atoms with Gasteiger partial charge in [-0.25, -0.2) is 9.97 Å². The lowest BCUT2D eigenvalue weighted by Gasteiger charge is -2.35. The van der Waals surface area contributed by atoms with Crippen LogP contribution in [0.15, 0.2) is 12.3 Å². The first kappa shape index (κ1) is 15.5. The van der Waals surface area contributed by atoms with Gasteiger partial charge in [-0.15, -0.1) is 0 Å². The number of anilines is 1. The zero-order valence-corrected chi connectivity index (χ0v) is 11.4. The first-order valence-electron chi connectivity index (χ1n) is 6.58. The first-order valence-corrected chi connectivity index (χ1v) is 6.58. The van der Waals surface area contributed by atoms with Crippen LogP contribution in [0, 0.1) is 0 Å². The number of likely N-dealkylation sites (N-methyl/N-ethyl adjacent to an activating group) is 1. The highest BCUT2D eigenvalue weighted by molar-refractivity contribution is 5.85. The Balaban J connectivity index is 2.27. The maximum atomic E-state index is 12.7. The molecule has 9 heteroatoms. The predicted molar refractivity (Wildman–Crippen MR) is 69.7 cm³/mol. The van der Waals surface area contributed by atoms with Crippen molar-refractivity contribution in [2.45, 2.75) is 19.1 Å². The number of nitrogens with zero attached hydrogens (tertiary/aromatic N) is 3. The van der Waals surface area contributed by atoms with Crippen molar-refractivity contribution < 1.29 is 18.0 Å². The number of alkyl halides is 3. The number of piperazine rings is 1. The molecule has 0 radical (unpaired) electrons. The maximum Gasteiger partial charge on any atom is 0.433 e. The minimum absolute atomic E-state index is 0.0809. The summed E-state index contributed by atoms with van der Waals surface area (Å²) in [6, 6.07) is 0.189. The molecule has 1 aliphatic heterocycles. The summed E-state index contributed by atoms with van der Waals surface area (Å²) < 4.78 is 38.1. The van der Waals surface area contributed by atoms with Crippen LogP contribution in [-0.2, 0) is 11.0 Å². The molecule has 0 spiro atoms. The molecule has 0 aliphatic carbocycles. The standard InChI is InChI=1S/C12H16F3N5O/c1-2-17-10(21)8-7-16-5-6-20(8)11-18-4-3-9(19-11)12(13,14)15/h3-4,8,16H,2,5-7H2,1H3,(H,17,21). The molecule has 1 amide bonds. The van der Waals surface area contributed by atoms with Crippen molar-refractivity contribution in [3.63, 3.8) is 0 Å². The van der Waals surface area contributed by atoms with Crippen molar-refractivity contribution in [1.82, 2.24) is 20.6 Å². The van der Waals surface area contributed by atoms with Gasteiger partial charge in [0.15, 0.2) is 0 Å². The highest BCUT2D eigenvalue weighted by atomic mass is 19.4. The molecule has 21 heavy (non-hydrogen) atoms. The van der Waals surface area contributed by atoms with Gasteiger partial charge in [0.1, 0.15) is 11.7 Å². The largest absolute Gasteiger partial charge is 0.433 e. The molecule has 2 rings (SSSR count). The molecule has 1 unspecified atom stereocenters. The SMILES string of the molecule is CCNC(=O)C1CNCCN1c1nccc(C(F)(F)F)n1. The molecule has 6 nitrogen and oxygen atoms in total. The van der Waals surface area contributed by atoms with Crippen molar-refractivity contribution in [1.29, 1.82) is 0 Å². The zero-order valence-electron chi connectivity index (χ0n) is 11.4.